The number of anilines is 2. The molecule has 40 heavy (non-hydrogen) atoms. The molecule has 0 saturated carbocycles. The molecule has 0 atom stereocenters. The second kappa shape index (κ2) is 13.0. The van der Waals surface area contributed by atoms with Crippen molar-refractivity contribution in [3.05, 3.63) is 106 Å². The number of ether oxygens (including phenoxy) is 2. The summed E-state index contributed by atoms with van der Waals surface area (Å²) in [6, 6.07) is 22.3. The van der Waals surface area contributed by atoms with E-state index in [0.717, 1.165) is 43.4 Å². The third-order valence-corrected chi connectivity index (χ3v) is 9.19. The van der Waals surface area contributed by atoms with E-state index in [1.165, 1.54) is 0 Å². The molecular weight excluding hydrogens is 540 g/mol. The quantitative estimate of drug-likeness (QED) is 0.197. The van der Waals surface area contributed by atoms with Gasteiger partial charge in [-0.05, 0) is 108 Å². The van der Waals surface area contributed by atoms with Crippen LogP contribution in [0, 0.1) is 27.7 Å². The zero-order chi connectivity index (χ0) is 28.8. The summed E-state index contributed by atoms with van der Waals surface area (Å²) in [5.74, 6) is 0.823. The Hall–Kier alpha value is -3.88. The monoisotopic (exact) mass is 572 g/mol. The SMILES string of the molecule is COc1cccc(C(=O)Nc2c(C)ccc(C)c2SSc2c(C)ccc(C)c2NC(=O)c2cccc(OC)c2)c1. The smallest absolute Gasteiger partial charge is 0.255 e. The first kappa shape index (κ1) is 29.1. The lowest BCUT2D eigenvalue weighted by molar-refractivity contribution is 0.101. The minimum absolute atomic E-state index is 0.211. The Bertz CT molecular complexity index is 1450. The van der Waals surface area contributed by atoms with Gasteiger partial charge in [-0.1, -0.05) is 36.4 Å². The van der Waals surface area contributed by atoms with Crippen molar-refractivity contribution in [2.24, 2.45) is 0 Å². The van der Waals surface area contributed by atoms with Gasteiger partial charge in [-0.25, -0.2) is 0 Å². The van der Waals surface area contributed by atoms with E-state index in [4.69, 9.17) is 9.47 Å². The van der Waals surface area contributed by atoms with E-state index in [1.807, 2.05) is 52.0 Å². The standard InChI is InChI=1S/C32H32N2O4S2/c1-19-13-15-21(3)29(27(19)33-31(35)23-9-7-11-25(17-23)37-5)39-40-30-22(4)16-14-20(2)28(30)34-32(36)24-10-8-12-26(18-24)38-6/h7-18H,1-6H3,(H,33,35)(H,34,36). The highest BCUT2D eigenvalue weighted by molar-refractivity contribution is 8.76. The van der Waals surface area contributed by atoms with Crippen LogP contribution in [0.1, 0.15) is 43.0 Å². The number of carbonyl (C=O) groups excluding carboxylic acids is 2. The second-order valence-electron chi connectivity index (χ2n) is 9.35. The molecule has 4 rings (SSSR count). The number of hydrogen-bond donors (Lipinski definition) is 2. The maximum absolute atomic E-state index is 13.2. The van der Waals surface area contributed by atoms with Crippen molar-refractivity contribution < 1.29 is 19.1 Å². The van der Waals surface area contributed by atoms with Crippen molar-refractivity contribution in [2.75, 3.05) is 24.9 Å². The predicted molar refractivity (Wildman–Crippen MR) is 165 cm³/mol. The maximum Gasteiger partial charge on any atom is 0.255 e. The third kappa shape index (κ3) is 6.63. The molecular formula is C32H32N2O4S2. The van der Waals surface area contributed by atoms with Crippen LogP contribution < -0.4 is 20.1 Å². The number of nitrogens with one attached hydrogen (secondary N) is 2. The van der Waals surface area contributed by atoms with Crippen LogP contribution in [-0.4, -0.2) is 26.0 Å². The topological polar surface area (TPSA) is 76.7 Å². The van der Waals surface area contributed by atoms with Gasteiger partial charge in [-0.2, -0.15) is 0 Å². The zero-order valence-corrected chi connectivity index (χ0v) is 25.0. The highest BCUT2D eigenvalue weighted by Crippen LogP contribution is 2.48. The van der Waals surface area contributed by atoms with E-state index in [1.54, 1.807) is 84.3 Å². The molecule has 4 aromatic carbocycles. The van der Waals surface area contributed by atoms with Gasteiger partial charge in [-0.15, -0.1) is 0 Å². The van der Waals surface area contributed by atoms with Crippen molar-refractivity contribution in [2.45, 2.75) is 37.5 Å². The Kier molecular flexibility index (Phi) is 9.45. The lowest BCUT2D eigenvalue weighted by atomic mass is 10.1. The van der Waals surface area contributed by atoms with Crippen LogP contribution in [-0.2, 0) is 0 Å². The van der Waals surface area contributed by atoms with E-state index < -0.39 is 0 Å². The molecule has 0 bridgehead atoms. The normalized spacial score (nSPS) is 10.7. The van der Waals surface area contributed by atoms with Crippen LogP contribution in [0.3, 0.4) is 0 Å². The fourth-order valence-electron chi connectivity index (χ4n) is 4.08. The highest BCUT2D eigenvalue weighted by atomic mass is 33.1. The average molecular weight is 573 g/mol. The minimum atomic E-state index is -0.211. The lowest BCUT2D eigenvalue weighted by Crippen LogP contribution is -2.14. The Labute approximate surface area is 243 Å². The number of hydrogen-bond acceptors (Lipinski definition) is 6. The summed E-state index contributed by atoms with van der Waals surface area (Å²) < 4.78 is 10.6. The number of carbonyl (C=O) groups is 2. The fraction of sp³-hybridized carbons (Fsp3) is 0.188. The molecule has 0 aromatic heterocycles. The summed E-state index contributed by atoms with van der Waals surface area (Å²) in [6.45, 7) is 8.01. The molecule has 0 aliphatic rings. The van der Waals surface area contributed by atoms with E-state index in [9.17, 15) is 9.59 Å². The zero-order valence-electron chi connectivity index (χ0n) is 23.4. The van der Waals surface area contributed by atoms with Crippen molar-refractivity contribution in [3.8, 4) is 11.5 Å². The van der Waals surface area contributed by atoms with E-state index >= 15 is 0 Å². The summed E-state index contributed by atoms with van der Waals surface area (Å²) >= 11 is 0. The number of methoxy groups -OCH3 is 2. The van der Waals surface area contributed by atoms with Crippen molar-refractivity contribution in [3.63, 3.8) is 0 Å². The van der Waals surface area contributed by atoms with E-state index in [0.29, 0.717) is 22.6 Å². The summed E-state index contributed by atoms with van der Waals surface area (Å²) in [5.41, 5.74) is 6.54. The Morgan fingerprint density at radius 2 is 0.950 bits per heavy atom. The molecule has 6 nitrogen and oxygen atoms in total. The van der Waals surface area contributed by atoms with Crippen molar-refractivity contribution in [1.82, 2.24) is 0 Å². The third-order valence-electron chi connectivity index (χ3n) is 6.48. The summed E-state index contributed by atoms with van der Waals surface area (Å²) in [4.78, 5) is 28.3. The van der Waals surface area contributed by atoms with Gasteiger partial charge in [0.05, 0.1) is 25.6 Å². The Morgan fingerprint density at radius 1 is 0.575 bits per heavy atom. The van der Waals surface area contributed by atoms with Crippen LogP contribution in [0.15, 0.2) is 82.6 Å². The molecule has 0 unspecified atom stereocenters. The van der Waals surface area contributed by atoms with Gasteiger partial charge < -0.3 is 20.1 Å². The van der Waals surface area contributed by atoms with Crippen LogP contribution in [0.4, 0.5) is 11.4 Å². The van der Waals surface area contributed by atoms with Crippen LogP contribution in [0.25, 0.3) is 0 Å². The van der Waals surface area contributed by atoms with Crippen LogP contribution in [0.2, 0.25) is 0 Å². The summed E-state index contributed by atoms with van der Waals surface area (Å²) in [5, 5.41) is 6.24. The predicted octanol–water partition coefficient (Wildman–Crippen LogP) is 8.24. The first-order valence-corrected chi connectivity index (χ1v) is 14.8. The van der Waals surface area contributed by atoms with Crippen LogP contribution >= 0.6 is 21.6 Å². The molecule has 206 valence electrons. The summed E-state index contributed by atoms with van der Waals surface area (Å²) in [6.07, 6.45) is 0. The second-order valence-corrected chi connectivity index (χ2v) is 11.5. The largest absolute Gasteiger partial charge is 0.497 e. The first-order chi connectivity index (χ1) is 19.2. The molecule has 0 aliphatic heterocycles. The van der Waals surface area contributed by atoms with Gasteiger partial charge >= 0.3 is 0 Å². The fourth-order valence-corrected chi connectivity index (χ4v) is 7.02. The van der Waals surface area contributed by atoms with E-state index in [2.05, 4.69) is 10.6 Å². The highest BCUT2D eigenvalue weighted by Gasteiger charge is 2.19. The minimum Gasteiger partial charge on any atom is -0.497 e. The molecule has 2 N–H and O–H groups in total. The van der Waals surface area contributed by atoms with Gasteiger partial charge in [0.15, 0.2) is 0 Å². The first-order valence-electron chi connectivity index (χ1n) is 12.7. The van der Waals surface area contributed by atoms with Gasteiger partial charge in [0.2, 0.25) is 0 Å². The molecule has 2 amide bonds. The van der Waals surface area contributed by atoms with Crippen molar-refractivity contribution in [1.29, 1.82) is 0 Å². The average Bonchev–Trinajstić information content (AvgIpc) is 2.97. The Balaban J connectivity index is 1.62. The molecule has 0 heterocycles. The van der Waals surface area contributed by atoms with Gasteiger partial charge in [0.25, 0.3) is 11.8 Å². The number of rotatable bonds is 9. The molecule has 0 aliphatic carbocycles. The number of aryl methyl sites for hydroxylation is 4. The molecule has 0 saturated heterocycles. The molecule has 0 spiro atoms. The van der Waals surface area contributed by atoms with Gasteiger partial charge in [-0.3, -0.25) is 9.59 Å². The maximum atomic E-state index is 13.2. The van der Waals surface area contributed by atoms with Crippen molar-refractivity contribution >= 4 is 44.8 Å². The molecule has 0 fully saturated rings. The number of amides is 2. The lowest BCUT2D eigenvalue weighted by Gasteiger charge is -2.19. The van der Waals surface area contributed by atoms with Gasteiger partial charge in [0.1, 0.15) is 11.5 Å². The van der Waals surface area contributed by atoms with E-state index in [-0.39, 0.29) is 11.8 Å². The van der Waals surface area contributed by atoms with Crippen LogP contribution in [0.5, 0.6) is 11.5 Å². The summed E-state index contributed by atoms with van der Waals surface area (Å²) in [7, 11) is 6.27. The van der Waals surface area contributed by atoms with Gasteiger partial charge in [0, 0.05) is 20.9 Å². The number of benzene rings is 4. The Morgan fingerprint density at radius 3 is 1.32 bits per heavy atom. The molecule has 4 aromatic rings. The molecule has 8 heteroatoms. The molecule has 0 radical (unpaired) electrons.